The van der Waals surface area contributed by atoms with Crippen molar-refractivity contribution in [3.8, 4) is 5.75 Å². The van der Waals surface area contributed by atoms with Crippen LogP contribution in [0.3, 0.4) is 0 Å². The Morgan fingerprint density at radius 1 is 1.34 bits per heavy atom. The van der Waals surface area contributed by atoms with Gasteiger partial charge in [0.25, 0.3) is 17.5 Å². The van der Waals surface area contributed by atoms with Crippen LogP contribution in [-0.2, 0) is 13.7 Å². The fourth-order valence-corrected chi connectivity index (χ4v) is 2.66. The summed E-state index contributed by atoms with van der Waals surface area (Å²) in [5, 5.41) is 17.3. The maximum atomic E-state index is 12.3. The zero-order valence-corrected chi connectivity index (χ0v) is 15.5. The first-order chi connectivity index (χ1) is 13.8. The predicted octanol–water partition coefficient (Wildman–Crippen LogP) is 2.16. The Morgan fingerprint density at radius 3 is 2.76 bits per heavy atom. The molecule has 0 saturated heterocycles. The van der Waals surface area contributed by atoms with Crippen LogP contribution >= 0.6 is 0 Å². The van der Waals surface area contributed by atoms with E-state index < -0.39 is 16.7 Å². The molecule has 0 spiro atoms. The number of primary amides is 1. The number of carbonyl (C=O) groups is 2. The van der Waals surface area contributed by atoms with Gasteiger partial charge in [0.05, 0.1) is 16.8 Å². The van der Waals surface area contributed by atoms with Crippen LogP contribution in [0.2, 0.25) is 0 Å². The number of hydrogen-bond acceptors (Lipinski definition) is 7. The number of hydrogen-bond donors (Lipinski definition) is 2. The Kier molecular flexibility index (Phi) is 5.30. The van der Waals surface area contributed by atoms with Crippen LogP contribution in [-0.4, -0.2) is 26.5 Å². The van der Waals surface area contributed by atoms with Gasteiger partial charge in [0.2, 0.25) is 0 Å². The van der Waals surface area contributed by atoms with E-state index in [1.165, 1.54) is 36.1 Å². The smallest absolute Gasteiger partial charge is 0.291 e. The minimum Gasteiger partial charge on any atom is -0.486 e. The summed E-state index contributed by atoms with van der Waals surface area (Å²) >= 11 is 0. The van der Waals surface area contributed by atoms with Crippen LogP contribution in [0.1, 0.15) is 32.4 Å². The second kappa shape index (κ2) is 7.84. The quantitative estimate of drug-likeness (QED) is 0.455. The molecule has 3 rings (SSSR count). The number of furan rings is 1. The molecular weight excluding hydrogens is 382 g/mol. The second-order valence-corrected chi connectivity index (χ2v) is 6.11. The number of rotatable bonds is 7. The van der Waals surface area contributed by atoms with Crippen molar-refractivity contribution < 1.29 is 23.7 Å². The number of carbonyl (C=O) groups excluding carboxylic acids is 2. The monoisotopic (exact) mass is 399 g/mol. The highest BCUT2D eigenvalue weighted by atomic mass is 16.6. The molecule has 2 amide bonds. The minimum atomic E-state index is -0.729. The van der Waals surface area contributed by atoms with E-state index in [0.29, 0.717) is 17.1 Å². The van der Waals surface area contributed by atoms with E-state index in [1.807, 2.05) is 0 Å². The van der Waals surface area contributed by atoms with Crippen LogP contribution in [0.5, 0.6) is 5.75 Å². The number of nitrogens with zero attached hydrogens (tertiary/aromatic N) is 3. The number of anilines is 1. The van der Waals surface area contributed by atoms with E-state index in [-0.39, 0.29) is 29.4 Å². The number of nitro groups is 1. The number of amides is 2. The molecule has 0 aliphatic heterocycles. The van der Waals surface area contributed by atoms with Gasteiger partial charge in [-0.05, 0) is 31.2 Å². The molecule has 150 valence electrons. The average Bonchev–Trinajstić information content (AvgIpc) is 3.26. The summed E-state index contributed by atoms with van der Waals surface area (Å²) in [5.41, 5.74) is 5.97. The lowest BCUT2D eigenvalue weighted by Crippen LogP contribution is -2.20. The molecule has 1 aromatic carbocycles. The molecule has 11 heteroatoms. The van der Waals surface area contributed by atoms with Crippen molar-refractivity contribution in [1.82, 2.24) is 9.78 Å². The van der Waals surface area contributed by atoms with Gasteiger partial charge in [-0.25, -0.2) is 0 Å². The zero-order valence-electron chi connectivity index (χ0n) is 15.5. The number of nitrogens with one attached hydrogen (secondary N) is 1. The molecule has 0 saturated carbocycles. The molecule has 0 fully saturated rings. The van der Waals surface area contributed by atoms with Gasteiger partial charge in [0.15, 0.2) is 5.76 Å². The molecule has 0 unspecified atom stereocenters. The van der Waals surface area contributed by atoms with Gasteiger partial charge < -0.3 is 20.2 Å². The Balaban J connectivity index is 1.65. The molecule has 0 atom stereocenters. The normalized spacial score (nSPS) is 10.6. The van der Waals surface area contributed by atoms with Crippen molar-refractivity contribution in [2.24, 2.45) is 12.8 Å². The fraction of sp³-hybridized carbons (Fsp3) is 0.167. The minimum absolute atomic E-state index is 0.0000351. The summed E-state index contributed by atoms with van der Waals surface area (Å²) in [5.74, 6) is -0.516. The van der Waals surface area contributed by atoms with Gasteiger partial charge in [-0.3, -0.25) is 24.4 Å². The predicted molar refractivity (Wildman–Crippen MR) is 101 cm³/mol. The number of aromatic nitrogens is 2. The molecule has 0 aliphatic carbocycles. The summed E-state index contributed by atoms with van der Waals surface area (Å²) in [4.78, 5) is 34.2. The largest absolute Gasteiger partial charge is 0.486 e. The van der Waals surface area contributed by atoms with Crippen molar-refractivity contribution in [2.75, 3.05) is 5.32 Å². The molecule has 11 nitrogen and oxygen atoms in total. The first kappa shape index (κ1) is 19.6. The van der Waals surface area contributed by atoms with Gasteiger partial charge in [-0.2, -0.15) is 5.10 Å². The lowest BCUT2D eigenvalue weighted by molar-refractivity contribution is -0.385. The van der Waals surface area contributed by atoms with E-state index in [0.717, 1.165) is 0 Å². The van der Waals surface area contributed by atoms with Gasteiger partial charge in [0, 0.05) is 18.7 Å². The Labute approximate surface area is 164 Å². The number of nitrogens with two attached hydrogens (primary N) is 1. The van der Waals surface area contributed by atoms with Crippen LogP contribution < -0.4 is 15.8 Å². The molecule has 3 N–H and O–H groups in total. The summed E-state index contributed by atoms with van der Waals surface area (Å²) in [6.45, 7) is 1.63. The average molecular weight is 399 g/mol. The first-order valence-electron chi connectivity index (χ1n) is 8.36. The number of aryl methyl sites for hydroxylation is 2. The summed E-state index contributed by atoms with van der Waals surface area (Å²) in [7, 11) is 1.53. The van der Waals surface area contributed by atoms with E-state index in [9.17, 15) is 19.7 Å². The third-order valence-electron chi connectivity index (χ3n) is 4.05. The molecule has 0 radical (unpaired) electrons. The lowest BCUT2D eigenvalue weighted by atomic mass is 10.2. The number of benzene rings is 1. The third kappa shape index (κ3) is 4.24. The number of nitro benzene ring substituents is 1. The molecule has 2 aromatic heterocycles. The van der Waals surface area contributed by atoms with E-state index in [4.69, 9.17) is 14.9 Å². The summed E-state index contributed by atoms with van der Waals surface area (Å²) in [6, 6.07) is 7.40. The second-order valence-electron chi connectivity index (χ2n) is 6.11. The first-order valence-corrected chi connectivity index (χ1v) is 8.36. The van der Waals surface area contributed by atoms with Crippen LogP contribution in [0.25, 0.3) is 0 Å². The SMILES string of the molecule is Cc1cc(OCc2ccc(C(=O)Nc3cnn(C)c3C(N)=O)o2)ccc1[N+](=O)[O-]. The molecule has 0 bridgehead atoms. The third-order valence-corrected chi connectivity index (χ3v) is 4.05. The molecule has 2 heterocycles. The standard InChI is InChI=1S/C18H17N5O6/c1-10-7-11(3-5-14(10)23(26)27)28-9-12-4-6-15(29-12)18(25)21-13-8-20-22(2)16(13)17(19)24/h3-8H,9H2,1-2H3,(H2,19,24)(H,21,25). The fourth-order valence-electron chi connectivity index (χ4n) is 2.66. The maximum Gasteiger partial charge on any atom is 0.291 e. The number of ether oxygens (including phenoxy) is 1. The van der Waals surface area contributed by atoms with Crippen molar-refractivity contribution in [2.45, 2.75) is 13.5 Å². The highest BCUT2D eigenvalue weighted by Crippen LogP contribution is 2.24. The molecule has 3 aromatic rings. The van der Waals surface area contributed by atoms with Crippen molar-refractivity contribution in [3.05, 3.63) is 69.4 Å². The van der Waals surface area contributed by atoms with Crippen molar-refractivity contribution in [1.29, 1.82) is 0 Å². The highest BCUT2D eigenvalue weighted by Gasteiger charge is 2.19. The van der Waals surface area contributed by atoms with Crippen molar-refractivity contribution in [3.63, 3.8) is 0 Å². The molecule has 0 aliphatic rings. The van der Waals surface area contributed by atoms with Gasteiger partial charge in [-0.1, -0.05) is 0 Å². The topological polar surface area (TPSA) is 156 Å². The Morgan fingerprint density at radius 2 is 2.10 bits per heavy atom. The zero-order chi connectivity index (χ0) is 21.1. The summed E-state index contributed by atoms with van der Waals surface area (Å²) in [6.07, 6.45) is 1.31. The van der Waals surface area contributed by atoms with Crippen molar-refractivity contribution >= 4 is 23.2 Å². The maximum absolute atomic E-state index is 12.3. The van der Waals surface area contributed by atoms with E-state index >= 15 is 0 Å². The van der Waals surface area contributed by atoms with E-state index in [1.54, 1.807) is 19.1 Å². The van der Waals surface area contributed by atoms with Gasteiger partial charge in [0.1, 0.15) is 23.8 Å². The molecular formula is C18H17N5O6. The van der Waals surface area contributed by atoms with Gasteiger partial charge >= 0.3 is 0 Å². The van der Waals surface area contributed by atoms with Crippen LogP contribution in [0, 0.1) is 17.0 Å². The molecule has 29 heavy (non-hydrogen) atoms. The highest BCUT2D eigenvalue weighted by molar-refractivity contribution is 6.06. The summed E-state index contributed by atoms with van der Waals surface area (Å²) < 4.78 is 12.3. The Bertz CT molecular complexity index is 1100. The van der Waals surface area contributed by atoms with Gasteiger partial charge in [-0.15, -0.1) is 0 Å². The van der Waals surface area contributed by atoms with Crippen LogP contribution in [0.15, 0.2) is 40.9 Å². The Hall–Kier alpha value is -4.15. The van der Waals surface area contributed by atoms with Crippen LogP contribution in [0.4, 0.5) is 11.4 Å². The van der Waals surface area contributed by atoms with E-state index in [2.05, 4.69) is 10.4 Å². The lowest BCUT2D eigenvalue weighted by Gasteiger charge is -2.06.